The van der Waals surface area contributed by atoms with Crippen LogP contribution in [0.25, 0.3) is 0 Å². The SMILES string of the molecule is CC(SCC(=O)O)C(O)(Cn1cncn1)c1ccc(F)cc1F. The maximum Gasteiger partial charge on any atom is 0.313 e. The molecule has 0 bridgehead atoms. The largest absolute Gasteiger partial charge is 0.481 e. The van der Waals surface area contributed by atoms with Crippen molar-refractivity contribution in [2.75, 3.05) is 5.75 Å². The van der Waals surface area contributed by atoms with Crippen LogP contribution in [0.2, 0.25) is 0 Å². The van der Waals surface area contributed by atoms with Crippen molar-refractivity contribution in [3.63, 3.8) is 0 Å². The third-order valence-electron chi connectivity index (χ3n) is 3.40. The zero-order valence-corrected chi connectivity index (χ0v) is 13.0. The van der Waals surface area contributed by atoms with E-state index >= 15 is 0 Å². The maximum absolute atomic E-state index is 14.2. The Morgan fingerprint density at radius 3 is 2.78 bits per heavy atom. The molecule has 2 aromatic rings. The van der Waals surface area contributed by atoms with E-state index in [1.54, 1.807) is 6.92 Å². The highest BCUT2D eigenvalue weighted by Crippen LogP contribution is 2.36. The summed E-state index contributed by atoms with van der Waals surface area (Å²) in [5.74, 6) is -2.98. The van der Waals surface area contributed by atoms with Crippen molar-refractivity contribution in [2.24, 2.45) is 0 Å². The minimum absolute atomic E-state index is 0.125. The lowest BCUT2D eigenvalue weighted by molar-refractivity contribution is -0.133. The number of rotatable bonds is 7. The predicted molar refractivity (Wildman–Crippen MR) is 79.8 cm³/mol. The Bertz CT molecular complexity index is 684. The van der Waals surface area contributed by atoms with E-state index in [9.17, 15) is 18.7 Å². The van der Waals surface area contributed by atoms with Gasteiger partial charge in [0.05, 0.1) is 12.3 Å². The molecule has 0 aliphatic heterocycles. The van der Waals surface area contributed by atoms with Gasteiger partial charge in [-0.3, -0.25) is 4.79 Å². The van der Waals surface area contributed by atoms with Crippen LogP contribution in [0.15, 0.2) is 30.9 Å². The van der Waals surface area contributed by atoms with Gasteiger partial charge in [-0.15, -0.1) is 11.8 Å². The molecule has 0 amide bonds. The van der Waals surface area contributed by atoms with Crippen LogP contribution in [0.3, 0.4) is 0 Å². The first kappa shape index (κ1) is 17.4. The van der Waals surface area contributed by atoms with E-state index in [0.29, 0.717) is 6.07 Å². The molecule has 124 valence electrons. The highest BCUT2D eigenvalue weighted by molar-refractivity contribution is 8.00. The lowest BCUT2D eigenvalue weighted by atomic mass is 9.90. The summed E-state index contributed by atoms with van der Waals surface area (Å²) in [6.07, 6.45) is 2.61. The lowest BCUT2D eigenvalue weighted by Gasteiger charge is -2.34. The van der Waals surface area contributed by atoms with Crippen molar-refractivity contribution in [2.45, 2.75) is 24.3 Å². The first-order chi connectivity index (χ1) is 10.8. The molecule has 0 fully saturated rings. The lowest BCUT2D eigenvalue weighted by Crippen LogP contribution is -2.41. The second-order valence-corrected chi connectivity index (χ2v) is 6.32. The van der Waals surface area contributed by atoms with Crippen LogP contribution < -0.4 is 0 Å². The minimum atomic E-state index is -1.79. The van der Waals surface area contributed by atoms with Gasteiger partial charge in [-0.25, -0.2) is 18.4 Å². The number of hydrogen-bond donors (Lipinski definition) is 2. The van der Waals surface area contributed by atoms with Crippen LogP contribution in [0.1, 0.15) is 12.5 Å². The van der Waals surface area contributed by atoms with Crippen molar-refractivity contribution in [1.82, 2.24) is 14.8 Å². The zero-order valence-electron chi connectivity index (χ0n) is 12.2. The molecule has 9 heteroatoms. The van der Waals surface area contributed by atoms with Gasteiger partial charge in [-0.05, 0) is 6.07 Å². The quantitative estimate of drug-likeness (QED) is 0.795. The Labute approximate surface area is 135 Å². The molecule has 0 saturated heterocycles. The van der Waals surface area contributed by atoms with Crippen molar-refractivity contribution >= 4 is 17.7 Å². The van der Waals surface area contributed by atoms with E-state index in [4.69, 9.17) is 5.11 Å². The van der Waals surface area contributed by atoms with Gasteiger partial charge in [0.2, 0.25) is 0 Å². The number of carboxylic acids is 1. The Morgan fingerprint density at radius 1 is 1.48 bits per heavy atom. The van der Waals surface area contributed by atoms with Crippen LogP contribution >= 0.6 is 11.8 Å². The van der Waals surface area contributed by atoms with Gasteiger partial charge < -0.3 is 10.2 Å². The number of thioether (sulfide) groups is 1. The second kappa shape index (κ2) is 7.05. The monoisotopic (exact) mass is 343 g/mol. The number of benzene rings is 1. The number of carbonyl (C=O) groups is 1. The van der Waals surface area contributed by atoms with E-state index in [2.05, 4.69) is 10.1 Å². The molecule has 0 spiro atoms. The van der Waals surface area contributed by atoms with Crippen molar-refractivity contribution in [1.29, 1.82) is 0 Å². The predicted octanol–water partition coefficient (Wildman–Crippen LogP) is 1.65. The molecule has 1 aromatic heterocycles. The molecule has 0 saturated carbocycles. The van der Waals surface area contributed by atoms with Gasteiger partial charge in [0.1, 0.15) is 29.9 Å². The Kier molecular flexibility index (Phi) is 5.32. The van der Waals surface area contributed by atoms with Gasteiger partial charge in [-0.1, -0.05) is 13.0 Å². The highest BCUT2D eigenvalue weighted by Gasteiger charge is 2.39. The number of nitrogens with zero attached hydrogens (tertiary/aromatic N) is 3. The third-order valence-corrected chi connectivity index (χ3v) is 4.70. The summed E-state index contributed by atoms with van der Waals surface area (Å²) >= 11 is 0.950. The number of carboxylic acid groups (broad SMARTS) is 1. The first-order valence-electron chi connectivity index (χ1n) is 6.66. The van der Waals surface area contributed by atoms with Crippen LogP contribution in [-0.4, -0.2) is 41.9 Å². The van der Waals surface area contributed by atoms with Crippen molar-refractivity contribution in [3.8, 4) is 0 Å². The first-order valence-corrected chi connectivity index (χ1v) is 7.71. The minimum Gasteiger partial charge on any atom is -0.481 e. The molecule has 0 aliphatic rings. The molecule has 23 heavy (non-hydrogen) atoms. The normalized spacial score (nSPS) is 15.1. The number of hydrogen-bond acceptors (Lipinski definition) is 5. The van der Waals surface area contributed by atoms with E-state index < -0.39 is 28.5 Å². The highest BCUT2D eigenvalue weighted by atomic mass is 32.2. The van der Waals surface area contributed by atoms with Gasteiger partial charge in [0.25, 0.3) is 0 Å². The Balaban J connectivity index is 2.38. The summed E-state index contributed by atoms with van der Waals surface area (Å²) in [4.78, 5) is 14.5. The average Bonchev–Trinajstić information content (AvgIpc) is 2.97. The van der Waals surface area contributed by atoms with Crippen LogP contribution in [0.4, 0.5) is 8.78 Å². The van der Waals surface area contributed by atoms with Gasteiger partial charge in [-0.2, -0.15) is 5.10 Å². The van der Waals surface area contributed by atoms with Crippen molar-refractivity contribution < 1.29 is 23.8 Å². The second-order valence-electron chi connectivity index (χ2n) is 4.99. The average molecular weight is 343 g/mol. The van der Waals surface area contributed by atoms with E-state index in [-0.39, 0.29) is 17.9 Å². The smallest absolute Gasteiger partial charge is 0.313 e. The van der Waals surface area contributed by atoms with Crippen molar-refractivity contribution in [3.05, 3.63) is 48.1 Å². The molecule has 1 aromatic carbocycles. The standard InChI is InChI=1S/C14H15F2N3O3S/c1-9(23-5-13(20)21)14(22,6-19-8-17-7-18-19)11-3-2-10(15)4-12(11)16/h2-4,7-9,22H,5-6H2,1H3,(H,20,21). The summed E-state index contributed by atoms with van der Waals surface area (Å²) in [5.41, 5.74) is -1.91. The fourth-order valence-electron chi connectivity index (χ4n) is 2.17. The third kappa shape index (κ3) is 4.05. The van der Waals surface area contributed by atoms with Crippen LogP contribution in [-0.2, 0) is 16.9 Å². The number of aliphatic hydroxyl groups is 1. The summed E-state index contributed by atoms with van der Waals surface area (Å²) in [5, 5.41) is 23.0. The Morgan fingerprint density at radius 2 is 2.22 bits per heavy atom. The van der Waals surface area contributed by atoms with Crippen LogP contribution in [0, 0.1) is 11.6 Å². The molecule has 1 heterocycles. The molecule has 2 atom stereocenters. The molecule has 2 unspecified atom stereocenters. The molecule has 6 nitrogen and oxygen atoms in total. The summed E-state index contributed by atoms with van der Waals surface area (Å²) < 4.78 is 28.6. The summed E-state index contributed by atoms with van der Waals surface area (Å²) in [6, 6.07) is 2.87. The molecule has 2 rings (SSSR count). The Hall–Kier alpha value is -2.00. The topological polar surface area (TPSA) is 88.2 Å². The van der Waals surface area contributed by atoms with E-state index in [0.717, 1.165) is 23.9 Å². The fraction of sp³-hybridized carbons (Fsp3) is 0.357. The van der Waals surface area contributed by atoms with Gasteiger partial charge in [0, 0.05) is 16.9 Å². The number of aromatic nitrogens is 3. The molecular weight excluding hydrogens is 328 g/mol. The molecule has 2 N–H and O–H groups in total. The molecule has 0 radical (unpaired) electrons. The van der Waals surface area contributed by atoms with Gasteiger partial charge in [0.15, 0.2) is 0 Å². The molecule has 0 aliphatic carbocycles. The summed E-state index contributed by atoms with van der Waals surface area (Å²) in [6.45, 7) is 1.43. The fourth-order valence-corrected chi connectivity index (χ4v) is 3.04. The van der Waals surface area contributed by atoms with Crippen LogP contribution in [0.5, 0.6) is 0 Å². The molecular formula is C14H15F2N3O3S. The maximum atomic E-state index is 14.2. The van der Waals surface area contributed by atoms with E-state index in [1.807, 2.05) is 0 Å². The van der Waals surface area contributed by atoms with E-state index in [1.165, 1.54) is 17.3 Å². The number of halogens is 2. The van der Waals surface area contributed by atoms with Gasteiger partial charge >= 0.3 is 5.97 Å². The summed E-state index contributed by atoms with van der Waals surface area (Å²) in [7, 11) is 0. The number of aliphatic carboxylic acids is 1. The zero-order chi connectivity index (χ0) is 17.0.